The van der Waals surface area contributed by atoms with Gasteiger partial charge >= 0.3 is 0 Å². The van der Waals surface area contributed by atoms with Crippen molar-refractivity contribution in [1.82, 2.24) is 4.98 Å². The van der Waals surface area contributed by atoms with E-state index in [1.807, 2.05) is 56.1 Å². The Kier molecular flexibility index (Phi) is 4.67. The number of methoxy groups -OCH3 is 1. The van der Waals surface area contributed by atoms with Gasteiger partial charge in [0, 0.05) is 30.2 Å². The fourth-order valence-electron chi connectivity index (χ4n) is 4.20. The molecule has 1 aliphatic rings. The summed E-state index contributed by atoms with van der Waals surface area (Å²) in [5, 5.41) is 4.33. The zero-order valence-electron chi connectivity index (χ0n) is 17.9. The molecule has 0 unspecified atom stereocenters. The van der Waals surface area contributed by atoms with Crippen molar-refractivity contribution in [1.29, 1.82) is 0 Å². The SMILES string of the molecule is C=C=C1N(/C(C)=N\C)c2c(cc(F)c(-c3cccc4[nH]ccc34)c2OC)NC1(C)C. The molecule has 0 saturated carbocycles. The Morgan fingerprint density at radius 1 is 1.30 bits per heavy atom. The summed E-state index contributed by atoms with van der Waals surface area (Å²) in [6, 6.07) is 9.23. The fourth-order valence-corrected chi connectivity index (χ4v) is 4.20. The van der Waals surface area contributed by atoms with Crippen molar-refractivity contribution in [3.63, 3.8) is 0 Å². The minimum atomic E-state index is -0.527. The largest absolute Gasteiger partial charge is 0.494 e. The van der Waals surface area contributed by atoms with Gasteiger partial charge in [0.25, 0.3) is 0 Å². The highest BCUT2D eigenvalue weighted by atomic mass is 19.1. The van der Waals surface area contributed by atoms with E-state index in [4.69, 9.17) is 4.74 Å². The Morgan fingerprint density at radius 3 is 2.73 bits per heavy atom. The van der Waals surface area contributed by atoms with E-state index in [0.29, 0.717) is 22.7 Å². The maximum Gasteiger partial charge on any atom is 0.155 e. The smallest absolute Gasteiger partial charge is 0.155 e. The van der Waals surface area contributed by atoms with Gasteiger partial charge in [-0.25, -0.2) is 4.39 Å². The molecule has 2 heterocycles. The molecule has 6 heteroatoms. The standard InChI is InChI=1S/C24H25FN4O/c1-7-20-24(3,4)28-19-13-17(25)21(16-9-8-10-18-15(16)11-12-27-18)23(30-6)22(19)29(20)14(2)26-5/h8-13,27-28H,1H2,2-6H3/b26-14-. The molecule has 0 bridgehead atoms. The molecule has 0 spiro atoms. The average Bonchev–Trinajstić information content (AvgIpc) is 3.19. The van der Waals surface area contributed by atoms with Crippen molar-refractivity contribution in [2.24, 2.45) is 4.99 Å². The number of amidine groups is 1. The van der Waals surface area contributed by atoms with Crippen molar-refractivity contribution >= 4 is 28.1 Å². The molecule has 0 fully saturated rings. The number of hydrogen-bond acceptors (Lipinski definition) is 3. The summed E-state index contributed by atoms with van der Waals surface area (Å²) in [6.07, 6.45) is 1.85. The molecule has 0 aliphatic carbocycles. The van der Waals surface area contributed by atoms with Crippen molar-refractivity contribution in [3.05, 3.63) is 60.4 Å². The lowest BCUT2D eigenvalue weighted by molar-refractivity contribution is 0.413. The first-order valence-electron chi connectivity index (χ1n) is 9.73. The van der Waals surface area contributed by atoms with Gasteiger partial charge in [-0.3, -0.25) is 9.89 Å². The van der Waals surface area contributed by atoms with Gasteiger partial charge in [0.2, 0.25) is 0 Å². The number of nitrogens with one attached hydrogen (secondary N) is 2. The zero-order chi connectivity index (χ0) is 21.6. The minimum absolute atomic E-state index is 0.361. The van der Waals surface area contributed by atoms with Crippen LogP contribution >= 0.6 is 0 Å². The third kappa shape index (κ3) is 2.80. The molecule has 154 valence electrons. The van der Waals surface area contributed by atoms with E-state index in [-0.39, 0.29) is 5.82 Å². The summed E-state index contributed by atoms with van der Waals surface area (Å²) < 4.78 is 21.4. The lowest BCUT2D eigenvalue weighted by atomic mass is 9.91. The van der Waals surface area contributed by atoms with E-state index in [1.54, 1.807) is 14.2 Å². The number of ether oxygens (including phenoxy) is 1. The van der Waals surface area contributed by atoms with Crippen molar-refractivity contribution < 1.29 is 9.13 Å². The van der Waals surface area contributed by atoms with Gasteiger partial charge < -0.3 is 15.0 Å². The topological polar surface area (TPSA) is 52.7 Å². The molecular formula is C24H25FN4O. The second-order valence-electron chi connectivity index (χ2n) is 7.79. The van der Waals surface area contributed by atoms with Crippen LogP contribution < -0.4 is 15.0 Å². The second-order valence-corrected chi connectivity index (χ2v) is 7.79. The molecule has 4 rings (SSSR count). The maximum absolute atomic E-state index is 15.6. The zero-order valence-corrected chi connectivity index (χ0v) is 17.9. The molecule has 1 aromatic heterocycles. The summed E-state index contributed by atoms with van der Waals surface area (Å²) in [5.41, 5.74) is 6.71. The number of H-pyrrole nitrogens is 1. The van der Waals surface area contributed by atoms with Gasteiger partial charge in [0.05, 0.1) is 29.6 Å². The van der Waals surface area contributed by atoms with E-state index < -0.39 is 5.54 Å². The van der Waals surface area contributed by atoms with E-state index in [1.165, 1.54) is 6.07 Å². The number of aromatic amines is 1. The van der Waals surface area contributed by atoms with Crippen LogP contribution in [0.4, 0.5) is 15.8 Å². The first kappa shape index (κ1) is 19.8. The highest BCUT2D eigenvalue weighted by Gasteiger charge is 2.40. The predicted octanol–water partition coefficient (Wildman–Crippen LogP) is 5.71. The highest BCUT2D eigenvalue weighted by Crippen LogP contribution is 2.51. The van der Waals surface area contributed by atoms with Crippen LogP contribution in [0.5, 0.6) is 5.75 Å². The van der Waals surface area contributed by atoms with Crippen molar-refractivity contribution in [2.45, 2.75) is 26.3 Å². The van der Waals surface area contributed by atoms with E-state index in [9.17, 15) is 0 Å². The quantitative estimate of drug-likeness (QED) is 0.327. The third-order valence-electron chi connectivity index (χ3n) is 5.58. The van der Waals surface area contributed by atoms with E-state index in [2.05, 4.69) is 27.6 Å². The highest BCUT2D eigenvalue weighted by molar-refractivity contribution is 6.08. The molecule has 1 aliphatic heterocycles. The molecule has 30 heavy (non-hydrogen) atoms. The van der Waals surface area contributed by atoms with Crippen LogP contribution in [0.1, 0.15) is 20.8 Å². The summed E-state index contributed by atoms with van der Waals surface area (Å²) >= 11 is 0. The Morgan fingerprint density at radius 2 is 2.07 bits per heavy atom. The van der Waals surface area contributed by atoms with Crippen LogP contribution in [0.15, 0.2) is 59.5 Å². The van der Waals surface area contributed by atoms with Gasteiger partial charge in [0.15, 0.2) is 5.75 Å². The Labute approximate surface area is 175 Å². The number of benzene rings is 2. The molecule has 0 atom stereocenters. The number of halogens is 1. The van der Waals surface area contributed by atoms with Crippen LogP contribution in [-0.4, -0.2) is 30.5 Å². The fraction of sp³-hybridized carbons (Fsp3) is 0.250. The molecule has 2 N–H and O–H groups in total. The van der Waals surface area contributed by atoms with Crippen LogP contribution in [0.3, 0.4) is 0 Å². The lowest BCUT2D eigenvalue weighted by Crippen LogP contribution is -2.48. The molecule has 0 radical (unpaired) electrons. The number of aliphatic imine (C=N–C) groups is 1. The molecule has 2 aromatic carbocycles. The summed E-state index contributed by atoms with van der Waals surface area (Å²) in [4.78, 5) is 9.52. The molecule has 0 saturated heterocycles. The second kappa shape index (κ2) is 7.08. The molecule has 3 aromatic rings. The van der Waals surface area contributed by atoms with Gasteiger partial charge in [-0.1, -0.05) is 18.7 Å². The normalized spacial score (nSPS) is 15.6. The van der Waals surface area contributed by atoms with Crippen LogP contribution in [-0.2, 0) is 0 Å². The molecule has 0 amide bonds. The number of hydrogen-bond donors (Lipinski definition) is 2. The first-order chi connectivity index (χ1) is 14.3. The summed E-state index contributed by atoms with van der Waals surface area (Å²) in [7, 11) is 3.28. The summed E-state index contributed by atoms with van der Waals surface area (Å²) in [6.45, 7) is 9.79. The minimum Gasteiger partial charge on any atom is -0.494 e. The monoisotopic (exact) mass is 404 g/mol. The van der Waals surface area contributed by atoms with Gasteiger partial charge in [0.1, 0.15) is 17.3 Å². The Balaban J connectivity index is 2.12. The van der Waals surface area contributed by atoms with Crippen LogP contribution in [0, 0.1) is 5.82 Å². The van der Waals surface area contributed by atoms with Crippen molar-refractivity contribution in [2.75, 3.05) is 24.4 Å². The number of rotatable bonds is 2. The first-order valence-corrected chi connectivity index (χ1v) is 9.73. The number of nitrogens with zero attached hydrogens (tertiary/aromatic N) is 2. The predicted molar refractivity (Wildman–Crippen MR) is 122 cm³/mol. The lowest BCUT2D eigenvalue weighted by Gasteiger charge is -2.43. The average molecular weight is 404 g/mol. The Bertz CT molecular complexity index is 1230. The van der Waals surface area contributed by atoms with E-state index >= 15 is 4.39 Å². The van der Waals surface area contributed by atoms with Crippen LogP contribution in [0.25, 0.3) is 22.0 Å². The van der Waals surface area contributed by atoms with Gasteiger partial charge in [-0.2, -0.15) is 0 Å². The molecule has 5 nitrogen and oxygen atoms in total. The van der Waals surface area contributed by atoms with E-state index in [0.717, 1.165) is 28.0 Å². The number of anilines is 2. The number of fused-ring (bicyclic) bond motifs is 2. The Hall–Kier alpha value is -3.50. The maximum atomic E-state index is 15.6. The van der Waals surface area contributed by atoms with Crippen molar-refractivity contribution in [3.8, 4) is 16.9 Å². The summed E-state index contributed by atoms with van der Waals surface area (Å²) in [5.74, 6) is 0.796. The van der Waals surface area contributed by atoms with Crippen LogP contribution in [0.2, 0.25) is 0 Å². The molecular weight excluding hydrogens is 379 g/mol. The third-order valence-corrected chi connectivity index (χ3v) is 5.58. The number of aromatic nitrogens is 1. The van der Waals surface area contributed by atoms with Gasteiger partial charge in [-0.05, 0) is 38.5 Å². The van der Waals surface area contributed by atoms with Gasteiger partial charge in [-0.15, -0.1) is 5.73 Å².